The van der Waals surface area contributed by atoms with E-state index in [4.69, 9.17) is 4.74 Å². The number of halogens is 1. The van der Waals surface area contributed by atoms with E-state index < -0.39 is 0 Å². The lowest BCUT2D eigenvalue weighted by molar-refractivity contribution is 0.139. The predicted molar refractivity (Wildman–Crippen MR) is 70.8 cm³/mol. The lowest BCUT2D eigenvalue weighted by Gasteiger charge is -2.23. The number of alkyl halides is 1. The van der Waals surface area contributed by atoms with Crippen molar-refractivity contribution >= 4 is 15.9 Å². The SMILES string of the molecule is COCCN(CCCCCBr)CC(C)C. The lowest BCUT2D eigenvalue weighted by Crippen LogP contribution is -2.32. The zero-order chi connectivity index (χ0) is 11.5. The van der Waals surface area contributed by atoms with Crippen LogP contribution in [0.15, 0.2) is 0 Å². The molecule has 0 aromatic rings. The first-order chi connectivity index (χ1) is 7.20. The van der Waals surface area contributed by atoms with E-state index in [0.717, 1.165) is 24.4 Å². The molecule has 0 aliphatic carbocycles. The van der Waals surface area contributed by atoms with E-state index in [9.17, 15) is 0 Å². The van der Waals surface area contributed by atoms with E-state index in [-0.39, 0.29) is 0 Å². The normalized spacial score (nSPS) is 11.6. The third-order valence-electron chi connectivity index (χ3n) is 2.34. The van der Waals surface area contributed by atoms with Gasteiger partial charge in [-0.05, 0) is 25.3 Å². The van der Waals surface area contributed by atoms with E-state index in [1.54, 1.807) is 7.11 Å². The summed E-state index contributed by atoms with van der Waals surface area (Å²) in [6.07, 6.45) is 3.93. The highest BCUT2D eigenvalue weighted by molar-refractivity contribution is 9.09. The van der Waals surface area contributed by atoms with Crippen molar-refractivity contribution in [3.05, 3.63) is 0 Å². The maximum Gasteiger partial charge on any atom is 0.0589 e. The zero-order valence-corrected chi connectivity index (χ0v) is 12.1. The molecule has 0 saturated heterocycles. The summed E-state index contributed by atoms with van der Waals surface area (Å²) in [6.45, 7) is 8.89. The molecule has 0 bridgehead atoms. The largest absolute Gasteiger partial charge is 0.383 e. The molecule has 92 valence electrons. The van der Waals surface area contributed by atoms with Gasteiger partial charge in [-0.25, -0.2) is 0 Å². The number of unbranched alkanes of at least 4 members (excludes halogenated alkanes) is 2. The van der Waals surface area contributed by atoms with Gasteiger partial charge in [0.25, 0.3) is 0 Å². The summed E-state index contributed by atoms with van der Waals surface area (Å²) in [6, 6.07) is 0. The molecule has 0 spiro atoms. The van der Waals surface area contributed by atoms with Crippen molar-refractivity contribution in [3.63, 3.8) is 0 Å². The van der Waals surface area contributed by atoms with Gasteiger partial charge >= 0.3 is 0 Å². The molecule has 0 aromatic carbocycles. The molecule has 0 unspecified atom stereocenters. The molecule has 0 heterocycles. The van der Waals surface area contributed by atoms with E-state index in [2.05, 4.69) is 34.7 Å². The summed E-state index contributed by atoms with van der Waals surface area (Å²) in [4.78, 5) is 2.52. The second kappa shape index (κ2) is 10.9. The van der Waals surface area contributed by atoms with Crippen LogP contribution in [0.1, 0.15) is 33.1 Å². The summed E-state index contributed by atoms with van der Waals surface area (Å²) in [5, 5.41) is 1.13. The van der Waals surface area contributed by atoms with Crippen molar-refractivity contribution < 1.29 is 4.74 Å². The number of hydrogen-bond donors (Lipinski definition) is 0. The van der Waals surface area contributed by atoms with Gasteiger partial charge in [0.15, 0.2) is 0 Å². The number of ether oxygens (including phenoxy) is 1. The van der Waals surface area contributed by atoms with Gasteiger partial charge in [-0.1, -0.05) is 36.2 Å². The standard InChI is InChI=1S/C12H26BrNO/c1-12(2)11-14(9-10-15-3)8-6-4-5-7-13/h12H,4-11H2,1-3H3. The van der Waals surface area contributed by atoms with Crippen LogP contribution in [0.4, 0.5) is 0 Å². The summed E-state index contributed by atoms with van der Waals surface area (Å²) < 4.78 is 5.13. The van der Waals surface area contributed by atoms with Crippen LogP contribution in [0, 0.1) is 5.92 Å². The Kier molecular flexibility index (Phi) is 11.2. The Morgan fingerprint density at radius 1 is 1.13 bits per heavy atom. The zero-order valence-electron chi connectivity index (χ0n) is 10.5. The minimum absolute atomic E-state index is 0.748. The average molecular weight is 280 g/mol. The Labute approximate surface area is 103 Å². The second-order valence-electron chi connectivity index (χ2n) is 4.44. The fourth-order valence-electron chi connectivity index (χ4n) is 1.64. The van der Waals surface area contributed by atoms with Crippen LogP contribution in [0.3, 0.4) is 0 Å². The van der Waals surface area contributed by atoms with Crippen molar-refractivity contribution in [3.8, 4) is 0 Å². The van der Waals surface area contributed by atoms with Gasteiger partial charge in [-0.2, -0.15) is 0 Å². The van der Waals surface area contributed by atoms with Crippen LogP contribution in [0.2, 0.25) is 0 Å². The molecule has 0 amide bonds. The van der Waals surface area contributed by atoms with Gasteiger partial charge in [-0.3, -0.25) is 0 Å². The molecule has 2 nitrogen and oxygen atoms in total. The van der Waals surface area contributed by atoms with E-state index in [0.29, 0.717) is 0 Å². The number of nitrogens with zero attached hydrogens (tertiary/aromatic N) is 1. The molecule has 3 heteroatoms. The van der Waals surface area contributed by atoms with Crippen LogP contribution >= 0.6 is 15.9 Å². The molecular formula is C12H26BrNO. The van der Waals surface area contributed by atoms with Gasteiger partial charge in [0.2, 0.25) is 0 Å². The van der Waals surface area contributed by atoms with Gasteiger partial charge in [0.1, 0.15) is 0 Å². The van der Waals surface area contributed by atoms with Crippen molar-refractivity contribution in [1.82, 2.24) is 4.90 Å². The van der Waals surface area contributed by atoms with Crippen LogP contribution in [-0.2, 0) is 4.74 Å². The number of rotatable bonds is 10. The quantitative estimate of drug-likeness (QED) is 0.450. The molecule has 0 radical (unpaired) electrons. The molecule has 0 aromatic heterocycles. The molecule has 0 N–H and O–H groups in total. The Balaban J connectivity index is 3.59. The van der Waals surface area contributed by atoms with Crippen molar-refractivity contribution in [1.29, 1.82) is 0 Å². The fourth-order valence-corrected chi connectivity index (χ4v) is 2.03. The highest BCUT2D eigenvalue weighted by Gasteiger charge is 2.06. The second-order valence-corrected chi connectivity index (χ2v) is 5.23. The van der Waals surface area contributed by atoms with E-state index >= 15 is 0 Å². The minimum atomic E-state index is 0.748. The fraction of sp³-hybridized carbons (Fsp3) is 1.00. The van der Waals surface area contributed by atoms with Gasteiger partial charge in [0.05, 0.1) is 6.61 Å². The van der Waals surface area contributed by atoms with Gasteiger partial charge in [0, 0.05) is 25.5 Å². The third kappa shape index (κ3) is 10.7. The van der Waals surface area contributed by atoms with Gasteiger partial charge < -0.3 is 9.64 Å². The van der Waals surface area contributed by atoms with Crippen LogP contribution in [0.5, 0.6) is 0 Å². The summed E-state index contributed by atoms with van der Waals surface area (Å²) in [5.41, 5.74) is 0. The summed E-state index contributed by atoms with van der Waals surface area (Å²) in [7, 11) is 1.78. The minimum Gasteiger partial charge on any atom is -0.383 e. The Morgan fingerprint density at radius 3 is 2.40 bits per heavy atom. The number of hydrogen-bond acceptors (Lipinski definition) is 2. The van der Waals surface area contributed by atoms with Crippen molar-refractivity contribution in [2.24, 2.45) is 5.92 Å². The molecule has 0 fully saturated rings. The molecule has 0 aliphatic rings. The van der Waals surface area contributed by atoms with Gasteiger partial charge in [-0.15, -0.1) is 0 Å². The lowest BCUT2D eigenvalue weighted by atomic mass is 10.2. The Hall–Kier alpha value is 0.400. The highest BCUT2D eigenvalue weighted by Crippen LogP contribution is 2.04. The average Bonchev–Trinajstić information content (AvgIpc) is 2.19. The third-order valence-corrected chi connectivity index (χ3v) is 2.90. The van der Waals surface area contributed by atoms with Crippen molar-refractivity contribution in [2.45, 2.75) is 33.1 Å². The smallest absolute Gasteiger partial charge is 0.0589 e. The molecule has 0 atom stereocenters. The monoisotopic (exact) mass is 279 g/mol. The highest BCUT2D eigenvalue weighted by atomic mass is 79.9. The first-order valence-electron chi connectivity index (χ1n) is 5.98. The maximum atomic E-state index is 5.13. The molecule has 0 saturated carbocycles. The topological polar surface area (TPSA) is 12.5 Å². The van der Waals surface area contributed by atoms with Crippen LogP contribution in [0.25, 0.3) is 0 Å². The number of methoxy groups -OCH3 is 1. The van der Waals surface area contributed by atoms with Crippen LogP contribution in [-0.4, -0.2) is 43.6 Å². The summed E-state index contributed by atoms with van der Waals surface area (Å²) >= 11 is 3.47. The van der Waals surface area contributed by atoms with Crippen LogP contribution < -0.4 is 0 Å². The molecule has 15 heavy (non-hydrogen) atoms. The van der Waals surface area contributed by atoms with Crippen molar-refractivity contribution in [2.75, 3.05) is 38.7 Å². The van der Waals surface area contributed by atoms with E-state index in [1.807, 2.05) is 0 Å². The van der Waals surface area contributed by atoms with E-state index in [1.165, 1.54) is 32.4 Å². The predicted octanol–water partition coefficient (Wildman–Crippen LogP) is 3.16. The molecule has 0 rings (SSSR count). The Morgan fingerprint density at radius 2 is 1.87 bits per heavy atom. The molecular weight excluding hydrogens is 254 g/mol. The maximum absolute atomic E-state index is 5.13. The first-order valence-corrected chi connectivity index (χ1v) is 7.10. The first kappa shape index (κ1) is 15.4. The summed E-state index contributed by atoms with van der Waals surface area (Å²) in [5.74, 6) is 0.748. The molecule has 0 aliphatic heterocycles. The Bertz CT molecular complexity index is 131.